The first-order valence-corrected chi connectivity index (χ1v) is 1.68. The first-order chi connectivity index (χ1) is 2.91. The molecule has 0 aromatic carbocycles. The molecule has 6 heavy (non-hydrogen) atoms. The standard InChI is InChI=1S/C4H5BN/c1-2-3-4-6-5/h4H2,1H3. The minimum absolute atomic E-state index is 0.455. The van der Waals surface area contributed by atoms with Crippen LogP contribution in [0.1, 0.15) is 6.92 Å². The van der Waals surface area contributed by atoms with Crippen LogP contribution in [0.25, 0.3) is 0 Å². The van der Waals surface area contributed by atoms with Crippen molar-refractivity contribution in [3.05, 3.63) is 0 Å². The Hall–Kier alpha value is -0.575. The van der Waals surface area contributed by atoms with E-state index in [9.17, 15) is 0 Å². The molecule has 0 atom stereocenters. The third kappa shape index (κ3) is 3.42. The molecule has 0 amide bonds. The molecule has 0 saturated heterocycles. The van der Waals surface area contributed by atoms with Gasteiger partial charge in [0, 0.05) is 0 Å². The molecule has 0 aromatic rings. The summed E-state index contributed by atoms with van der Waals surface area (Å²) in [6.07, 6.45) is 0. The van der Waals surface area contributed by atoms with Gasteiger partial charge in [0.1, 0.15) is 0 Å². The minimum atomic E-state index is 0.455. The zero-order chi connectivity index (χ0) is 4.83. The van der Waals surface area contributed by atoms with Crippen molar-refractivity contribution in [1.82, 2.24) is 0 Å². The van der Waals surface area contributed by atoms with Crippen molar-refractivity contribution in [1.29, 1.82) is 0 Å². The molecule has 0 aliphatic heterocycles. The monoisotopic (exact) mass is 78.1 g/mol. The van der Waals surface area contributed by atoms with Gasteiger partial charge < -0.3 is 0 Å². The molecule has 0 saturated carbocycles. The molecular formula is C4H5BN. The summed E-state index contributed by atoms with van der Waals surface area (Å²) >= 11 is 0. The molecule has 0 aliphatic rings. The molecule has 0 spiro atoms. The topological polar surface area (TPSA) is 12.4 Å². The van der Waals surface area contributed by atoms with Gasteiger partial charge in [0.2, 0.25) is 0 Å². The van der Waals surface area contributed by atoms with Crippen LogP contribution in [-0.4, -0.2) is 14.2 Å². The fourth-order valence-corrected chi connectivity index (χ4v) is 0.125. The maximum atomic E-state index is 4.74. The van der Waals surface area contributed by atoms with Gasteiger partial charge in [-0.15, -0.1) is 0 Å². The molecule has 0 aliphatic carbocycles. The Bertz CT molecular complexity index is 87.5. The van der Waals surface area contributed by atoms with Crippen LogP contribution in [0.3, 0.4) is 0 Å². The molecule has 0 bridgehead atoms. The van der Waals surface area contributed by atoms with Gasteiger partial charge in [-0.2, -0.15) is 0 Å². The first-order valence-electron chi connectivity index (χ1n) is 1.68. The number of hydrogen-bond acceptors (Lipinski definition) is 1. The van der Waals surface area contributed by atoms with E-state index in [-0.39, 0.29) is 0 Å². The van der Waals surface area contributed by atoms with E-state index in [2.05, 4.69) is 16.7 Å². The Labute approximate surface area is 38.9 Å². The molecule has 29 valence electrons. The van der Waals surface area contributed by atoms with E-state index in [0.29, 0.717) is 6.54 Å². The Kier molecular flexibility index (Phi) is 4.00. The molecule has 0 N–H and O–H groups in total. The van der Waals surface area contributed by atoms with Crippen LogP contribution in [0.15, 0.2) is 4.90 Å². The zero-order valence-electron chi connectivity index (χ0n) is 3.73. The van der Waals surface area contributed by atoms with Crippen LogP contribution in [0.2, 0.25) is 0 Å². The molecule has 0 fully saturated rings. The molecule has 0 aromatic heterocycles. The van der Waals surface area contributed by atoms with Crippen molar-refractivity contribution in [3.63, 3.8) is 0 Å². The SMILES string of the molecule is [B]=NCC#CC. The Morgan fingerprint density at radius 1 is 1.83 bits per heavy atom. The Morgan fingerprint density at radius 2 is 2.50 bits per heavy atom. The third-order valence-electron chi connectivity index (χ3n) is 0.347. The van der Waals surface area contributed by atoms with Crippen molar-refractivity contribution in [2.75, 3.05) is 6.54 Å². The summed E-state index contributed by atoms with van der Waals surface area (Å²) in [4.78, 5) is 3.25. The van der Waals surface area contributed by atoms with Crippen molar-refractivity contribution in [2.45, 2.75) is 6.92 Å². The molecule has 1 radical (unpaired) electrons. The predicted molar refractivity (Wildman–Crippen MR) is 26.5 cm³/mol. The van der Waals surface area contributed by atoms with Gasteiger partial charge in [0.05, 0.1) is 0 Å². The summed E-state index contributed by atoms with van der Waals surface area (Å²) in [7, 11) is 4.74. The third-order valence-corrected chi connectivity index (χ3v) is 0.347. The van der Waals surface area contributed by atoms with Crippen molar-refractivity contribution < 1.29 is 0 Å². The summed E-state index contributed by atoms with van der Waals surface area (Å²) in [5, 5.41) is 0. The number of hydrogen-bond donors (Lipinski definition) is 0. The van der Waals surface area contributed by atoms with E-state index in [1.807, 2.05) is 0 Å². The summed E-state index contributed by atoms with van der Waals surface area (Å²) < 4.78 is 0. The van der Waals surface area contributed by atoms with Crippen molar-refractivity contribution in [3.8, 4) is 11.8 Å². The summed E-state index contributed by atoms with van der Waals surface area (Å²) in [5.74, 6) is 5.30. The Balaban J connectivity index is 3.00. The summed E-state index contributed by atoms with van der Waals surface area (Å²) in [5.41, 5.74) is 0. The summed E-state index contributed by atoms with van der Waals surface area (Å²) in [6, 6.07) is 0. The molecule has 0 unspecified atom stereocenters. The maximum absolute atomic E-state index is 4.74. The van der Waals surface area contributed by atoms with Crippen LogP contribution in [0.4, 0.5) is 0 Å². The van der Waals surface area contributed by atoms with E-state index in [1.54, 1.807) is 6.92 Å². The number of nitrogens with zero attached hydrogens (tertiary/aromatic N) is 1. The van der Waals surface area contributed by atoms with Gasteiger partial charge in [-0.3, -0.25) is 0 Å². The zero-order valence-corrected chi connectivity index (χ0v) is 3.73. The fraction of sp³-hybridized carbons (Fsp3) is 0.500. The average Bonchev–Trinajstić information content (AvgIpc) is 1.61. The number of rotatable bonds is 1. The Morgan fingerprint density at radius 3 is 2.67 bits per heavy atom. The van der Waals surface area contributed by atoms with Crippen molar-refractivity contribution >= 4 is 7.64 Å². The van der Waals surface area contributed by atoms with E-state index < -0.39 is 0 Å². The molecule has 2 heteroatoms. The molecule has 1 nitrogen and oxygen atoms in total. The van der Waals surface area contributed by atoms with Crippen LogP contribution in [0.5, 0.6) is 0 Å². The van der Waals surface area contributed by atoms with E-state index in [0.717, 1.165) is 0 Å². The van der Waals surface area contributed by atoms with E-state index in [1.165, 1.54) is 0 Å². The van der Waals surface area contributed by atoms with Gasteiger partial charge in [0.25, 0.3) is 0 Å². The van der Waals surface area contributed by atoms with Crippen LogP contribution in [0, 0.1) is 11.8 Å². The predicted octanol–water partition coefficient (Wildman–Crippen LogP) is 0.362. The van der Waals surface area contributed by atoms with Crippen LogP contribution >= 0.6 is 0 Å². The fourth-order valence-electron chi connectivity index (χ4n) is 0.125. The van der Waals surface area contributed by atoms with E-state index in [4.69, 9.17) is 7.64 Å². The van der Waals surface area contributed by atoms with Crippen molar-refractivity contribution in [2.24, 2.45) is 4.90 Å². The normalized spacial score (nSPS) is 5.33. The summed E-state index contributed by atoms with van der Waals surface area (Å²) in [6.45, 7) is 2.21. The van der Waals surface area contributed by atoms with Gasteiger partial charge in [-0.1, -0.05) is 0 Å². The molecular weight excluding hydrogens is 72.9 g/mol. The van der Waals surface area contributed by atoms with E-state index >= 15 is 0 Å². The first kappa shape index (κ1) is 5.42. The van der Waals surface area contributed by atoms with Crippen LogP contribution in [-0.2, 0) is 0 Å². The second-order valence-electron chi connectivity index (χ2n) is 0.767. The van der Waals surface area contributed by atoms with Gasteiger partial charge in [0.15, 0.2) is 0 Å². The second-order valence-corrected chi connectivity index (χ2v) is 0.767. The van der Waals surface area contributed by atoms with Gasteiger partial charge >= 0.3 is 37.8 Å². The molecule has 0 heterocycles. The van der Waals surface area contributed by atoms with Gasteiger partial charge in [-0.05, 0) is 0 Å². The molecule has 0 rings (SSSR count). The quantitative estimate of drug-likeness (QED) is 0.317. The van der Waals surface area contributed by atoms with Crippen LogP contribution < -0.4 is 0 Å². The van der Waals surface area contributed by atoms with Gasteiger partial charge in [-0.25, -0.2) is 0 Å². The second kappa shape index (κ2) is 4.42. The average molecular weight is 77.9 g/mol.